The second-order valence-electron chi connectivity index (χ2n) is 10.8. The number of benzene rings is 1. The molecular weight excluding hydrogens is 538 g/mol. The molecule has 0 bridgehead atoms. The molecule has 1 fully saturated rings. The van der Waals surface area contributed by atoms with Gasteiger partial charge < -0.3 is 19.4 Å². The highest BCUT2D eigenvalue weighted by Gasteiger charge is 2.39. The van der Waals surface area contributed by atoms with Gasteiger partial charge in [-0.15, -0.1) is 17.9 Å². The first-order valence-electron chi connectivity index (χ1n) is 14.2. The van der Waals surface area contributed by atoms with Crippen LogP contribution in [-0.2, 0) is 14.3 Å². The fourth-order valence-corrected chi connectivity index (χ4v) is 6.12. The minimum absolute atomic E-state index is 0.00389. The zero-order chi connectivity index (χ0) is 30.1. The van der Waals surface area contributed by atoms with Crippen LogP contribution in [0.15, 0.2) is 41.0 Å². The minimum Gasteiger partial charge on any atom is -0.496 e. The number of H-pyrrole nitrogens is 1. The lowest BCUT2D eigenvalue weighted by atomic mass is 9.94. The van der Waals surface area contributed by atoms with Crippen LogP contribution in [0.3, 0.4) is 0 Å². The highest BCUT2D eigenvalue weighted by atomic mass is 32.1. The molecule has 9 heteroatoms. The summed E-state index contributed by atoms with van der Waals surface area (Å²) in [6.07, 6.45) is 7.40. The number of ether oxygens (including phenoxy) is 2. The Morgan fingerprint density at radius 2 is 1.95 bits per heavy atom. The Balaban J connectivity index is 0.000000229. The average Bonchev–Trinajstić information content (AvgIpc) is 3.66. The lowest BCUT2D eigenvalue weighted by molar-refractivity contribution is -0.151. The summed E-state index contributed by atoms with van der Waals surface area (Å²) >= 11 is 1.55. The van der Waals surface area contributed by atoms with Gasteiger partial charge in [-0.25, -0.2) is 4.98 Å². The van der Waals surface area contributed by atoms with E-state index in [2.05, 4.69) is 30.4 Å². The van der Waals surface area contributed by atoms with Gasteiger partial charge in [0.2, 0.25) is 5.91 Å². The van der Waals surface area contributed by atoms with Crippen LogP contribution >= 0.6 is 11.3 Å². The Hall–Kier alpha value is -3.46. The van der Waals surface area contributed by atoms with E-state index in [0.717, 1.165) is 78.3 Å². The summed E-state index contributed by atoms with van der Waals surface area (Å²) in [5.41, 5.74) is 3.53. The van der Waals surface area contributed by atoms with Gasteiger partial charge in [-0.05, 0) is 57.1 Å². The normalized spacial score (nSPS) is 16.3. The molecule has 1 aliphatic rings. The van der Waals surface area contributed by atoms with Crippen LogP contribution in [0.4, 0.5) is 0 Å². The molecule has 0 radical (unpaired) electrons. The predicted octanol–water partition coefficient (Wildman–Crippen LogP) is 6.48. The van der Waals surface area contributed by atoms with Crippen LogP contribution in [0.25, 0.3) is 21.6 Å². The van der Waals surface area contributed by atoms with Crippen molar-refractivity contribution in [1.29, 1.82) is 0 Å². The summed E-state index contributed by atoms with van der Waals surface area (Å²) in [4.78, 5) is 46.1. The molecule has 1 aliphatic carbocycles. The molecule has 3 aromatic rings. The summed E-state index contributed by atoms with van der Waals surface area (Å²) < 4.78 is 10.1. The quantitative estimate of drug-likeness (QED) is 0.167. The molecule has 1 N–H and O–H groups in total. The standard InChI is InChI=1S/C17H18N2O2S.C15H25NO3/c1-9(2)13-8-22-17(19-13)12-7-14(20)11-5-6-15(21-4)10(3)16(11)18-12;1-4-5-6-7-11-16(2)14(17)12-9-8-10-13(12)15(18)19-3/h5-9H,1-4H3,(H,18,20);4,12-13H,1,5-11H2,2-3H3/t;12-,13?/m.1/s1. The first kappa shape index (κ1) is 32.1. The van der Waals surface area contributed by atoms with Crippen molar-refractivity contribution in [3.63, 3.8) is 0 Å². The lowest BCUT2D eigenvalue weighted by Gasteiger charge is -2.24. The minimum atomic E-state index is -0.242. The fraction of sp³-hybridized carbons (Fsp3) is 0.500. The van der Waals surface area contributed by atoms with Gasteiger partial charge in [-0.1, -0.05) is 26.3 Å². The molecule has 4 rings (SSSR count). The summed E-state index contributed by atoms with van der Waals surface area (Å²) in [5, 5.41) is 3.55. The number of fused-ring (bicyclic) bond motifs is 1. The Kier molecular flexibility index (Phi) is 11.7. The van der Waals surface area contributed by atoms with Crippen molar-refractivity contribution in [2.75, 3.05) is 27.8 Å². The third-order valence-corrected chi connectivity index (χ3v) is 8.54. The molecule has 222 valence electrons. The number of thiazole rings is 1. The average molecular weight is 582 g/mol. The van der Waals surface area contributed by atoms with Crippen molar-refractivity contribution in [3.8, 4) is 16.5 Å². The lowest BCUT2D eigenvalue weighted by Crippen LogP contribution is -2.37. The third-order valence-electron chi connectivity index (χ3n) is 7.64. The fourth-order valence-electron chi connectivity index (χ4n) is 5.17. The number of allylic oxidation sites excluding steroid dienone is 1. The maximum atomic E-state index is 12.4. The van der Waals surface area contributed by atoms with Gasteiger partial charge >= 0.3 is 5.97 Å². The zero-order valence-corrected chi connectivity index (χ0v) is 25.9. The Labute approximate surface area is 246 Å². The molecule has 1 amide bonds. The number of aryl methyl sites for hydroxylation is 1. The van der Waals surface area contributed by atoms with Crippen molar-refractivity contribution in [3.05, 3.63) is 57.7 Å². The number of esters is 1. The van der Waals surface area contributed by atoms with Gasteiger partial charge in [0.05, 0.1) is 43.0 Å². The third kappa shape index (κ3) is 7.85. The molecule has 1 saturated carbocycles. The zero-order valence-electron chi connectivity index (χ0n) is 25.1. The number of rotatable bonds is 10. The molecule has 0 saturated heterocycles. The van der Waals surface area contributed by atoms with Crippen LogP contribution in [-0.4, -0.2) is 54.6 Å². The molecule has 0 spiro atoms. The Bertz CT molecular complexity index is 1410. The second kappa shape index (κ2) is 15.0. The number of methoxy groups -OCH3 is 2. The number of carbonyl (C=O) groups is 2. The van der Waals surface area contributed by atoms with E-state index in [4.69, 9.17) is 9.47 Å². The number of unbranched alkanes of at least 4 members (excludes halogenated alkanes) is 2. The van der Waals surface area contributed by atoms with E-state index >= 15 is 0 Å². The van der Waals surface area contributed by atoms with Gasteiger partial charge in [-0.3, -0.25) is 14.4 Å². The molecule has 1 unspecified atom stereocenters. The van der Waals surface area contributed by atoms with Crippen LogP contribution in [0, 0.1) is 18.8 Å². The summed E-state index contributed by atoms with van der Waals surface area (Å²) in [6.45, 7) is 10.6. The smallest absolute Gasteiger partial charge is 0.309 e. The van der Waals surface area contributed by atoms with E-state index in [9.17, 15) is 14.4 Å². The predicted molar refractivity (Wildman–Crippen MR) is 166 cm³/mol. The summed E-state index contributed by atoms with van der Waals surface area (Å²) in [7, 11) is 4.84. The SMILES string of the molecule is C=CCCCCN(C)C(=O)[C@@H]1CCCC1C(=O)OC.COc1ccc2c(=O)cc(-c3nc(C(C)C)cs3)[nH]c2c1C. The first-order chi connectivity index (χ1) is 19.6. The van der Waals surface area contributed by atoms with E-state index in [-0.39, 0.29) is 29.1 Å². The van der Waals surface area contributed by atoms with Gasteiger partial charge in [0.25, 0.3) is 0 Å². The van der Waals surface area contributed by atoms with Gasteiger partial charge in [0.15, 0.2) is 5.43 Å². The van der Waals surface area contributed by atoms with Crippen molar-refractivity contribution in [1.82, 2.24) is 14.9 Å². The van der Waals surface area contributed by atoms with Gasteiger partial charge in [-0.2, -0.15) is 0 Å². The molecule has 0 aliphatic heterocycles. The number of nitrogens with one attached hydrogen (secondary N) is 1. The maximum Gasteiger partial charge on any atom is 0.309 e. The topological polar surface area (TPSA) is 102 Å². The van der Waals surface area contributed by atoms with Crippen molar-refractivity contribution < 1.29 is 19.1 Å². The Morgan fingerprint density at radius 3 is 2.59 bits per heavy atom. The van der Waals surface area contributed by atoms with Crippen molar-refractivity contribution in [2.24, 2.45) is 11.8 Å². The number of aromatic amines is 1. The van der Waals surface area contributed by atoms with E-state index in [1.807, 2.05) is 31.5 Å². The summed E-state index contributed by atoms with van der Waals surface area (Å²) in [5.74, 6) is 0.564. The number of pyridine rings is 1. The van der Waals surface area contributed by atoms with E-state index in [1.165, 1.54) is 7.11 Å². The number of amides is 1. The molecule has 41 heavy (non-hydrogen) atoms. The number of carbonyl (C=O) groups excluding carboxylic acids is 2. The highest BCUT2D eigenvalue weighted by molar-refractivity contribution is 7.13. The molecule has 2 atom stereocenters. The molecule has 1 aromatic carbocycles. The van der Waals surface area contributed by atoms with E-state index in [1.54, 1.807) is 35.5 Å². The number of nitrogens with zero attached hydrogens (tertiary/aromatic N) is 2. The van der Waals surface area contributed by atoms with Gasteiger partial charge in [0.1, 0.15) is 10.8 Å². The molecular formula is C32H43N3O5S. The maximum absolute atomic E-state index is 12.4. The number of hydrogen-bond acceptors (Lipinski definition) is 7. The van der Waals surface area contributed by atoms with Crippen LogP contribution in [0.1, 0.15) is 69.5 Å². The summed E-state index contributed by atoms with van der Waals surface area (Å²) in [6, 6.07) is 5.25. The first-order valence-corrected chi connectivity index (χ1v) is 15.1. The largest absolute Gasteiger partial charge is 0.496 e. The van der Waals surface area contributed by atoms with Crippen LogP contribution < -0.4 is 10.2 Å². The van der Waals surface area contributed by atoms with E-state index in [0.29, 0.717) is 11.3 Å². The Morgan fingerprint density at radius 1 is 1.22 bits per heavy atom. The molecule has 8 nitrogen and oxygen atoms in total. The molecule has 2 aromatic heterocycles. The number of hydrogen-bond donors (Lipinski definition) is 1. The van der Waals surface area contributed by atoms with Gasteiger partial charge in [0, 0.05) is 36.0 Å². The van der Waals surface area contributed by atoms with Crippen molar-refractivity contribution in [2.45, 2.75) is 65.2 Å². The van der Waals surface area contributed by atoms with E-state index < -0.39 is 0 Å². The van der Waals surface area contributed by atoms with Crippen LogP contribution in [0.2, 0.25) is 0 Å². The molecule has 2 heterocycles. The van der Waals surface area contributed by atoms with Crippen molar-refractivity contribution >= 4 is 34.1 Å². The highest BCUT2D eigenvalue weighted by Crippen LogP contribution is 2.34. The van der Waals surface area contributed by atoms with Crippen LogP contribution in [0.5, 0.6) is 5.75 Å². The monoisotopic (exact) mass is 581 g/mol. The second-order valence-corrected chi connectivity index (χ2v) is 11.7. The number of aromatic nitrogens is 2.